The van der Waals surface area contributed by atoms with E-state index >= 15 is 0 Å². The standard InChI is InChI=1S/C16H20BrNS/c1-10-9-16(13(4)19-10)12(3)18-11(2)14-5-7-15(17)8-6-14/h5-9,11-12,18H,1-4H3. The Bertz CT molecular complexity index is 544. The summed E-state index contributed by atoms with van der Waals surface area (Å²) in [5.41, 5.74) is 2.74. The van der Waals surface area contributed by atoms with Gasteiger partial charge in [-0.25, -0.2) is 0 Å². The molecule has 2 rings (SSSR count). The smallest absolute Gasteiger partial charge is 0.0308 e. The largest absolute Gasteiger partial charge is 0.304 e. The molecule has 0 spiro atoms. The molecule has 102 valence electrons. The lowest BCUT2D eigenvalue weighted by atomic mass is 10.0. The second-order valence-electron chi connectivity index (χ2n) is 5.03. The fourth-order valence-electron chi connectivity index (χ4n) is 2.39. The molecule has 0 saturated carbocycles. The van der Waals surface area contributed by atoms with E-state index in [0.29, 0.717) is 12.1 Å². The van der Waals surface area contributed by atoms with Crippen LogP contribution < -0.4 is 5.32 Å². The SMILES string of the molecule is Cc1cc(C(C)NC(C)c2ccc(Br)cc2)c(C)s1. The van der Waals surface area contributed by atoms with Crippen molar-refractivity contribution in [3.63, 3.8) is 0 Å². The van der Waals surface area contributed by atoms with Gasteiger partial charge in [-0.05, 0) is 57.0 Å². The second kappa shape index (κ2) is 6.21. The normalized spacial score (nSPS) is 14.4. The minimum absolute atomic E-state index is 0.350. The van der Waals surface area contributed by atoms with Crippen molar-refractivity contribution in [2.24, 2.45) is 0 Å². The highest BCUT2D eigenvalue weighted by molar-refractivity contribution is 9.10. The third-order valence-corrected chi connectivity index (χ3v) is 4.93. The van der Waals surface area contributed by atoms with E-state index in [1.165, 1.54) is 20.9 Å². The Labute approximate surface area is 128 Å². The predicted octanol–water partition coefficient (Wildman–Crippen LogP) is 5.54. The van der Waals surface area contributed by atoms with Crippen LogP contribution in [0.25, 0.3) is 0 Å². The van der Waals surface area contributed by atoms with Crippen LogP contribution in [0, 0.1) is 13.8 Å². The van der Waals surface area contributed by atoms with E-state index in [-0.39, 0.29) is 0 Å². The van der Waals surface area contributed by atoms with Crippen molar-refractivity contribution < 1.29 is 0 Å². The van der Waals surface area contributed by atoms with Gasteiger partial charge in [-0.3, -0.25) is 0 Å². The van der Waals surface area contributed by atoms with Crippen LogP contribution in [-0.2, 0) is 0 Å². The van der Waals surface area contributed by atoms with Gasteiger partial charge in [-0.2, -0.15) is 0 Å². The molecule has 1 aromatic carbocycles. The number of thiophene rings is 1. The first-order valence-corrected chi connectivity index (χ1v) is 8.16. The van der Waals surface area contributed by atoms with Gasteiger partial charge in [0.05, 0.1) is 0 Å². The molecule has 0 fully saturated rings. The summed E-state index contributed by atoms with van der Waals surface area (Å²) in [6.45, 7) is 8.83. The van der Waals surface area contributed by atoms with Crippen molar-refractivity contribution in [3.8, 4) is 0 Å². The van der Waals surface area contributed by atoms with Crippen molar-refractivity contribution in [1.29, 1.82) is 0 Å². The molecule has 0 aliphatic carbocycles. The molecular formula is C16H20BrNS. The number of halogens is 1. The molecule has 3 heteroatoms. The third kappa shape index (κ3) is 3.68. The molecule has 0 bridgehead atoms. The van der Waals surface area contributed by atoms with Crippen molar-refractivity contribution >= 4 is 27.3 Å². The maximum absolute atomic E-state index is 3.68. The summed E-state index contributed by atoms with van der Waals surface area (Å²) in [4.78, 5) is 2.80. The lowest BCUT2D eigenvalue weighted by Gasteiger charge is -2.20. The van der Waals surface area contributed by atoms with Gasteiger partial charge < -0.3 is 5.32 Å². The van der Waals surface area contributed by atoms with Crippen molar-refractivity contribution in [1.82, 2.24) is 5.32 Å². The van der Waals surface area contributed by atoms with E-state index in [2.05, 4.69) is 79.3 Å². The van der Waals surface area contributed by atoms with Crippen molar-refractivity contribution in [3.05, 3.63) is 55.7 Å². The Morgan fingerprint density at radius 2 is 1.68 bits per heavy atom. The molecule has 1 aromatic heterocycles. The fourth-order valence-corrected chi connectivity index (χ4v) is 3.68. The van der Waals surface area contributed by atoms with E-state index in [0.717, 1.165) is 4.47 Å². The Morgan fingerprint density at radius 3 is 2.21 bits per heavy atom. The lowest BCUT2D eigenvalue weighted by Crippen LogP contribution is -2.22. The lowest BCUT2D eigenvalue weighted by molar-refractivity contribution is 0.494. The molecule has 0 amide bonds. The highest BCUT2D eigenvalue weighted by atomic mass is 79.9. The van der Waals surface area contributed by atoms with Crippen LogP contribution in [0.1, 0.15) is 46.8 Å². The van der Waals surface area contributed by atoms with E-state index < -0.39 is 0 Å². The molecule has 1 N–H and O–H groups in total. The number of hydrogen-bond donors (Lipinski definition) is 1. The fraction of sp³-hybridized carbons (Fsp3) is 0.375. The molecule has 19 heavy (non-hydrogen) atoms. The van der Waals surface area contributed by atoms with Gasteiger partial charge in [0.15, 0.2) is 0 Å². The van der Waals surface area contributed by atoms with Crippen LogP contribution >= 0.6 is 27.3 Å². The molecule has 1 heterocycles. The molecule has 0 aliphatic heterocycles. The van der Waals surface area contributed by atoms with E-state index in [1.54, 1.807) is 0 Å². The molecule has 2 aromatic rings. The zero-order valence-corrected chi connectivity index (χ0v) is 14.2. The summed E-state index contributed by atoms with van der Waals surface area (Å²) in [7, 11) is 0. The molecule has 2 unspecified atom stereocenters. The number of hydrogen-bond acceptors (Lipinski definition) is 2. The monoisotopic (exact) mass is 337 g/mol. The average Bonchev–Trinajstić information content (AvgIpc) is 2.69. The van der Waals surface area contributed by atoms with Crippen LogP contribution in [-0.4, -0.2) is 0 Å². The maximum Gasteiger partial charge on any atom is 0.0308 e. The van der Waals surface area contributed by atoms with Gasteiger partial charge in [0.1, 0.15) is 0 Å². The predicted molar refractivity (Wildman–Crippen MR) is 87.9 cm³/mol. The molecule has 0 saturated heterocycles. The van der Waals surface area contributed by atoms with Crippen LogP contribution in [0.5, 0.6) is 0 Å². The highest BCUT2D eigenvalue weighted by Gasteiger charge is 2.14. The summed E-state index contributed by atoms with van der Waals surface area (Å²) >= 11 is 5.35. The van der Waals surface area contributed by atoms with Crippen LogP contribution in [0.3, 0.4) is 0 Å². The molecule has 0 aliphatic rings. The number of benzene rings is 1. The second-order valence-corrected chi connectivity index (χ2v) is 7.41. The van der Waals surface area contributed by atoms with Crippen molar-refractivity contribution in [2.45, 2.75) is 39.8 Å². The zero-order valence-electron chi connectivity index (χ0n) is 11.8. The number of aryl methyl sites for hydroxylation is 2. The summed E-state index contributed by atoms with van der Waals surface area (Å²) in [6, 6.07) is 11.6. The molecular weight excluding hydrogens is 318 g/mol. The Kier molecular flexibility index (Phi) is 4.82. The highest BCUT2D eigenvalue weighted by Crippen LogP contribution is 2.28. The van der Waals surface area contributed by atoms with Crippen LogP contribution in [0.2, 0.25) is 0 Å². The summed E-state index contributed by atoms with van der Waals surface area (Å²) in [5, 5.41) is 3.68. The first-order valence-electron chi connectivity index (χ1n) is 6.56. The summed E-state index contributed by atoms with van der Waals surface area (Å²) < 4.78 is 1.13. The van der Waals surface area contributed by atoms with Crippen LogP contribution in [0.4, 0.5) is 0 Å². The Balaban J connectivity index is 2.08. The molecule has 1 nitrogen and oxygen atoms in total. The Morgan fingerprint density at radius 1 is 1.05 bits per heavy atom. The minimum atomic E-state index is 0.350. The quantitative estimate of drug-likeness (QED) is 0.772. The maximum atomic E-state index is 3.68. The zero-order chi connectivity index (χ0) is 14.0. The third-order valence-electron chi connectivity index (χ3n) is 3.42. The van der Waals surface area contributed by atoms with Gasteiger partial charge >= 0.3 is 0 Å². The van der Waals surface area contributed by atoms with E-state index in [9.17, 15) is 0 Å². The van der Waals surface area contributed by atoms with E-state index in [1.807, 2.05) is 11.3 Å². The molecule has 2 atom stereocenters. The minimum Gasteiger partial charge on any atom is -0.304 e. The molecule has 0 radical (unpaired) electrons. The summed E-state index contributed by atoms with van der Waals surface area (Å²) in [6.07, 6.45) is 0. The first-order chi connectivity index (χ1) is 8.97. The summed E-state index contributed by atoms with van der Waals surface area (Å²) in [5.74, 6) is 0. The topological polar surface area (TPSA) is 12.0 Å². The van der Waals surface area contributed by atoms with Gasteiger partial charge in [-0.15, -0.1) is 11.3 Å². The number of nitrogens with one attached hydrogen (secondary N) is 1. The van der Waals surface area contributed by atoms with Gasteiger partial charge in [0.2, 0.25) is 0 Å². The van der Waals surface area contributed by atoms with Crippen molar-refractivity contribution in [2.75, 3.05) is 0 Å². The number of rotatable bonds is 4. The first kappa shape index (κ1) is 14.8. The van der Waals surface area contributed by atoms with Gasteiger partial charge in [0.25, 0.3) is 0 Å². The van der Waals surface area contributed by atoms with E-state index in [4.69, 9.17) is 0 Å². The Hall–Kier alpha value is -0.640. The van der Waals surface area contributed by atoms with Crippen LogP contribution in [0.15, 0.2) is 34.8 Å². The average molecular weight is 338 g/mol. The van der Waals surface area contributed by atoms with Gasteiger partial charge in [0, 0.05) is 26.3 Å². The van der Waals surface area contributed by atoms with Gasteiger partial charge in [-0.1, -0.05) is 28.1 Å².